The van der Waals surface area contributed by atoms with E-state index >= 15 is 0 Å². The summed E-state index contributed by atoms with van der Waals surface area (Å²) in [6.45, 7) is 8.80. The molecule has 1 heterocycles. The van der Waals surface area contributed by atoms with Gasteiger partial charge in [0.25, 0.3) is 10.2 Å². The van der Waals surface area contributed by atoms with E-state index in [1.807, 2.05) is 6.92 Å². The maximum absolute atomic E-state index is 11.9. The summed E-state index contributed by atoms with van der Waals surface area (Å²) in [5.74, 6) is 0. The molecule has 0 unspecified atom stereocenters. The Hall–Kier alpha value is -0.210. The van der Waals surface area contributed by atoms with Gasteiger partial charge >= 0.3 is 0 Å². The first-order valence-corrected chi connectivity index (χ1v) is 7.88. The molecule has 0 bridgehead atoms. The van der Waals surface area contributed by atoms with Crippen molar-refractivity contribution in [2.24, 2.45) is 0 Å². The predicted octanol–water partition coefficient (Wildman–Crippen LogP) is -0.381. The third-order valence-electron chi connectivity index (χ3n) is 2.82. The van der Waals surface area contributed by atoms with Gasteiger partial charge in [0, 0.05) is 39.3 Å². The summed E-state index contributed by atoms with van der Waals surface area (Å²) in [7, 11) is -3.32. The first kappa shape index (κ1) is 15.8. The van der Waals surface area contributed by atoms with E-state index in [1.54, 1.807) is 13.8 Å². The lowest BCUT2D eigenvalue weighted by Gasteiger charge is -2.36. The summed E-state index contributed by atoms with van der Waals surface area (Å²) in [5.41, 5.74) is -0.735. The van der Waals surface area contributed by atoms with Crippen molar-refractivity contribution < 1.29 is 13.5 Å². The molecule has 18 heavy (non-hydrogen) atoms. The first-order chi connectivity index (χ1) is 8.24. The lowest BCUT2D eigenvalue weighted by atomic mass is 10.1. The number of β-amino-alcohol motifs (C(OH)–C–C–N with tert-alkyl or cyclic N) is 1. The second-order valence-corrected chi connectivity index (χ2v) is 7.14. The Morgan fingerprint density at radius 1 is 1.22 bits per heavy atom. The smallest absolute Gasteiger partial charge is 0.279 e. The summed E-state index contributed by atoms with van der Waals surface area (Å²) >= 11 is 0. The van der Waals surface area contributed by atoms with Crippen LogP contribution in [0.4, 0.5) is 0 Å². The number of nitrogens with zero attached hydrogens (tertiary/aromatic N) is 2. The van der Waals surface area contributed by atoms with Crippen LogP contribution in [0.15, 0.2) is 0 Å². The maximum atomic E-state index is 11.9. The van der Waals surface area contributed by atoms with Gasteiger partial charge in [0.05, 0.1) is 5.60 Å². The van der Waals surface area contributed by atoms with Gasteiger partial charge in [0.2, 0.25) is 0 Å². The van der Waals surface area contributed by atoms with Crippen LogP contribution in [-0.2, 0) is 10.2 Å². The van der Waals surface area contributed by atoms with Gasteiger partial charge < -0.3 is 5.11 Å². The number of aliphatic hydroxyl groups is 1. The highest BCUT2D eigenvalue weighted by atomic mass is 32.2. The Kier molecular flexibility index (Phi) is 5.54. The van der Waals surface area contributed by atoms with Gasteiger partial charge in [-0.05, 0) is 20.3 Å². The van der Waals surface area contributed by atoms with Gasteiger partial charge in [-0.3, -0.25) is 4.90 Å². The molecule has 1 fully saturated rings. The van der Waals surface area contributed by atoms with Crippen LogP contribution in [0.3, 0.4) is 0 Å². The Balaban J connectivity index is 2.44. The fourth-order valence-corrected chi connectivity index (χ4v) is 3.29. The number of nitrogens with one attached hydrogen (secondary N) is 1. The van der Waals surface area contributed by atoms with Gasteiger partial charge in [0.1, 0.15) is 0 Å². The average molecular weight is 279 g/mol. The average Bonchev–Trinajstić information content (AvgIpc) is 2.25. The summed E-state index contributed by atoms with van der Waals surface area (Å²) in [6, 6.07) is 0. The van der Waals surface area contributed by atoms with Crippen molar-refractivity contribution in [2.75, 3.05) is 39.3 Å². The van der Waals surface area contributed by atoms with E-state index in [2.05, 4.69) is 9.62 Å². The number of hydrogen-bond acceptors (Lipinski definition) is 4. The molecular formula is C11H25N3O3S. The Bertz CT molecular complexity index is 343. The molecule has 7 heteroatoms. The lowest BCUT2D eigenvalue weighted by Crippen LogP contribution is -2.54. The molecule has 0 aromatic rings. The third-order valence-corrected chi connectivity index (χ3v) is 4.43. The molecule has 1 aliphatic heterocycles. The highest BCUT2D eigenvalue weighted by Crippen LogP contribution is 2.10. The minimum absolute atomic E-state index is 0.478. The van der Waals surface area contributed by atoms with Crippen molar-refractivity contribution >= 4 is 10.2 Å². The summed E-state index contributed by atoms with van der Waals surface area (Å²) in [4.78, 5) is 2.09. The molecule has 2 N–H and O–H groups in total. The molecular weight excluding hydrogens is 254 g/mol. The Morgan fingerprint density at radius 2 is 1.78 bits per heavy atom. The van der Waals surface area contributed by atoms with Gasteiger partial charge in [-0.2, -0.15) is 12.7 Å². The van der Waals surface area contributed by atoms with Crippen LogP contribution in [0.5, 0.6) is 0 Å². The topological polar surface area (TPSA) is 72.9 Å². The molecule has 108 valence electrons. The molecule has 1 aliphatic rings. The molecule has 6 nitrogen and oxygen atoms in total. The molecule has 1 rings (SSSR count). The SMILES string of the molecule is CCCNS(=O)(=O)N1CCN(CC(C)(C)O)CC1. The number of piperazine rings is 1. The number of rotatable bonds is 6. The highest BCUT2D eigenvalue weighted by Gasteiger charge is 2.28. The van der Waals surface area contributed by atoms with E-state index < -0.39 is 15.8 Å². The van der Waals surface area contributed by atoms with Crippen molar-refractivity contribution in [3.8, 4) is 0 Å². The van der Waals surface area contributed by atoms with Crippen molar-refractivity contribution in [1.82, 2.24) is 13.9 Å². The quantitative estimate of drug-likeness (QED) is 0.695. The van der Waals surface area contributed by atoms with Crippen LogP contribution in [0.1, 0.15) is 27.2 Å². The summed E-state index contributed by atoms with van der Waals surface area (Å²) in [5, 5.41) is 9.73. The summed E-state index contributed by atoms with van der Waals surface area (Å²) in [6.07, 6.45) is 0.790. The van der Waals surface area contributed by atoms with Crippen LogP contribution >= 0.6 is 0 Å². The first-order valence-electron chi connectivity index (χ1n) is 6.44. The highest BCUT2D eigenvalue weighted by molar-refractivity contribution is 7.87. The zero-order chi connectivity index (χ0) is 13.8. The van der Waals surface area contributed by atoms with Gasteiger partial charge in [-0.1, -0.05) is 6.92 Å². The molecule has 0 atom stereocenters. The molecule has 0 aromatic heterocycles. The van der Waals surface area contributed by atoms with Crippen LogP contribution in [0, 0.1) is 0 Å². The van der Waals surface area contributed by atoms with Crippen molar-refractivity contribution in [1.29, 1.82) is 0 Å². The molecule has 0 amide bonds. The van der Waals surface area contributed by atoms with Crippen molar-refractivity contribution in [2.45, 2.75) is 32.8 Å². The van der Waals surface area contributed by atoms with Crippen molar-refractivity contribution in [3.05, 3.63) is 0 Å². The summed E-state index contributed by atoms with van der Waals surface area (Å²) < 4.78 is 27.8. The largest absolute Gasteiger partial charge is 0.389 e. The Labute approximate surface area is 110 Å². The van der Waals surface area contributed by atoms with Crippen LogP contribution in [-0.4, -0.2) is 67.6 Å². The predicted molar refractivity (Wildman–Crippen MR) is 71.5 cm³/mol. The normalized spacial score (nSPS) is 20.2. The van der Waals surface area contributed by atoms with Crippen LogP contribution in [0.25, 0.3) is 0 Å². The lowest BCUT2D eigenvalue weighted by molar-refractivity contribution is 0.0262. The monoisotopic (exact) mass is 279 g/mol. The van der Waals surface area contributed by atoms with E-state index in [1.165, 1.54) is 4.31 Å². The van der Waals surface area contributed by atoms with Crippen LogP contribution in [0.2, 0.25) is 0 Å². The van der Waals surface area contributed by atoms with Gasteiger partial charge in [-0.25, -0.2) is 4.72 Å². The second kappa shape index (κ2) is 6.29. The fourth-order valence-electron chi connectivity index (χ4n) is 2.00. The molecule has 0 saturated carbocycles. The molecule has 0 aromatic carbocycles. The minimum Gasteiger partial charge on any atom is -0.389 e. The molecule has 0 aliphatic carbocycles. The fraction of sp³-hybridized carbons (Fsp3) is 1.00. The van der Waals surface area contributed by atoms with Gasteiger partial charge in [0.15, 0.2) is 0 Å². The third kappa shape index (κ3) is 5.19. The van der Waals surface area contributed by atoms with Crippen molar-refractivity contribution in [3.63, 3.8) is 0 Å². The Morgan fingerprint density at radius 3 is 2.22 bits per heavy atom. The second-order valence-electron chi connectivity index (χ2n) is 5.39. The van der Waals surface area contributed by atoms with E-state index in [0.717, 1.165) is 6.42 Å². The van der Waals surface area contributed by atoms with E-state index in [-0.39, 0.29) is 0 Å². The van der Waals surface area contributed by atoms with Gasteiger partial charge in [-0.15, -0.1) is 0 Å². The standard InChI is InChI=1S/C11H25N3O3S/c1-4-5-12-18(16,17)14-8-6-13(7-9-14)10-11(2,3)15/h12,15H,4-10H2,1-3H3. The maximum Gasteiger partial charge on any atom is 0.279 e. The molecule has 0 spiro atoms. The molecule has 0 radical (unpaired) electrons. The van der Waals surface area contributed by atoms with E-state index in [4.69, 9.17) is 0 Å². The minimum atomic E-state index is -3.32. The zero-order valence-electron chi connectivity index (χ0n) is 11.5. The van der Waals surface area contributed by atoms with E-state index in [9.17, 15) is 13.5 Å². The molecule has 1 saturated heterocycles. The van der Waals surface area contributed by atoms with Crippen LogP contribution < -0.4 is 4.72 Å². The zero-order valence-corrected chi connectivity index (χ0v) is 12.3. The van der Waals surface area contributed by atoms with E-state index in [0.29, 0.717) is 39.3 Å². The number of hydrogen-bond donors (Lipinski definition) is 2.